The standard InChI is InChI=1S/C17H31N7O/c1-12(23(3)14-6-7-14)9-19-17(18-2)20-13-5-8-16-21-15(11-25-4)22-24(16)10-13/h12-14H,5-11H2,1-4H3,(H2,18,19,20). The van der Waals surface area contributed by atoms with Crippen LogP contribution < -0.4 is 10.6 Å². The van der Waals surface area contributed by atoms with Crippen LogP contribution in [0.15, 0.2) is 4.99 Å². The van der Waals surface area contributed by atoms with Gasteiger partial charge in [-0.05, 0) is 33.2 Å². The summed E-state index contributed by atoms with van der Waals surface area (Å²) in [5.41, 5.74) is 0. The van der Waals surface area contributed by atoms with Gasteiger partial charge in [0.2, 0.25) is 0 Å². The molecule has 0 saturated heterocycles. The lowest BCUT2D eigenvalue weighted by Crippen LogP contribution is -2.50. The number of likely N-dealkylation sites (N-methyl/N-ethyl adjacent to an activating group) is 1. The highest BCUT2D eigenvalue weighted by atomic mass is 16.5. The van der Waals surface area contributed by atoms with Gasteiger partial charge in [-0.1, -0.05) is 0 Å². The summed E-state index contributed by atoms with van der Waals surface area (Å²) in [4.78, 5) is 11.4. The van der Waals surface area contributed by atoms with Gasteiger partial charge in [-0.2, -0.15) is 5.10 Å². The monoisotopic (exact) mass is 349 g/mol. The number of aryl methyl sites for hydroxylation is 1. The normalized spacial score (nSPS) is 22.0. The predicted molar refractivity (Wildman–Crippen MR) is 97.6 cm³/mol. The highest BCUT2D eigenvalue weighted by Gasteiger charge is 2.29. The van der Waals surface area contributed by atoms with E-state index in [1.165, 1.54) is 12.8 Å². The van der Waals surface area contributed by atoms with E-state index in [4.69, 9.17) is 4.74 Å². The largest absolute Gasteiger partial charge is 0.377 e. The molecule has 2 aliphatic rings. The third-order valence-electron chi connectivity index (χ3n) is 5.12. The topological polar surface area (TPSA) is 79.6 Å². The van der Waals surface area contributed by atoms with Crippen molar-refractivity contribution in [3.05, 3.63) is 11.6 Å². The molecule has 2 N–H and O–H groups in total. The Morgan fingerprint density at radius 2 is 2.24 bits per heavy atom. The third kappa shape index (κ3) is 4.70. The maximum atomic E-state index is 5.12. The van der Waals surface area contributed by atoms with E-state index >= 15 is 0 Å². The van der Waals surface area contributed by atoms with Crippen LogP contribution in [0.25, 0.3) is 0 Å². The molecule has 1 saturated carbocycles. The molecule has 1 fully saturated rings. The van der Waals surface area contributed by atoms with Crippen molar-refractivity contribution in [1.29, 1.82) is 0 Å². The van der Waals surface area contributed by atoms with Gasteiger partial charge in [0.15, 0.2) is 11.8 Å². The van der Waals surface area contributed by atoms with Gasteiger partial charge in [0.05, 0.1) is 6.54 Å². The Labute approximate surface area is 150 Å². The average Bonchev–Trinajstić information content (AvgIpc) is 3.38. The lowest BCUT2D eigenvalue weighted by molar-refractivity contribution is 0.177. The van der Waals surface area contributed by atoms with Crippen molar-refractivity contribution >= 4 is 5.96 Å². The van der Waals surface area contributed by atoms with Gasteiger partial charge < -0.3 is 15.4 Å². The summed E-state index contributed by atoms with van der Waals surface area (Å²) in [5, 5.41) is 11.5. The van der Waals surface area contributed by atoms with Crippen LogP contribution in [0.5, 0.6) is 0 Å². The summed E-state index contributed by atoms with van der Waals surface area (Å²) < 4.78 is 7.11. The van der Waals surface area contributed by atoms with Gasteiger partial charge >= 0.3 is 0 Å². The molecular weight excluding hydrogens is 318 g/mol. The van der Waals surface area contributed by atoms with Gasteiger partial charge in [-0.15, -0.1) is 0 Å². The lowest BCUT2D eigenvalue weighted by atomic mass is 10.1. The minimum atomic E-state index is 0.312. The lowest BCUT2D eigenvalue weighted by Gasteiger charge is -2.28. The zero-order valence-electron chi connectivity index (χ0n) is 15.8. The van der Waals surface area contributed by atoms with Crippen molar-refractivity contribution in [2.75, 3.05) is 27.7 Å². The van der Waals surface area contributed by atoms with E-state index < -0.39 is 0 Å². The summed E-state index contributed by atoms with van der Waals surface area (Å²) in [6.45, 7) is 4.43. The van der Waals surface area contributed by atoms with E-state index in [2.05, 4.69) is 44.6 Å². The Hall–Kier alpha value is -1.67. The number of fused-ring (bicyclic) bond motifs is 1. The summed E-state index contributed by atoms with van der Waals surface area (Å²) in [5.74, 6) is 2.67. The van der Waals surface area contributed by atoms with Crippen LogP contribution in [0.1, 0.15) is 37.8 Å². The number of hydrogen-bond acceptors (Lipinski definition) is 5. The van der Waals surface area contributed by atoms with E-state index in [0.717, 1.165) is 49.6 Å². The Kier molecular flexibility index (Phi) is 5.90. The fourth-order valence-corrected chi connectivity index (χ4v) is 3.29. The summed E-state index contributed by atoms with van der Waals surface area (Å²) in [7, 11) is 5.71. The average molecular weight is 349 g/mol. The molecule has 0 aromatic carbocycles. The fourth-order valence-electron chi connectivity index (χ4n) is 3.29. The van der Waals surface area contributed by atoms with Crippen molar-refractivity contribution in [2.45, 2.75) is 63.9 Å². The van der Waals surface area contributed by atoms with Crippen LogP contribution in [0, 0.1) is 0 Å². The first-order chi connectivity index (χ1) is 12.1. The minimum absolute atomic E-state index is 0.312. The molecule has 1 aromatic rings. The fraction of sp³-hybridized carbons (Fsp3) is 0.824. The second-order valence-electron chi connectivity index (χ2n) is 7.14. The van der Waals surface area contributed by atoms with Crippen molar-refractivity contribution in [1.82, 2.24) is 30.3 Å². The molecule has 0 radical (unpaired) electrons. The van der Waals surface area contributed by atoms with E-state index in [1.807, 2.05) is 11.7 Å². The molecule has 2 unspecified atom stereocenters. The smallest absolute Gasteiger partial charge is 0.191 e. The Bertz CT molecular complexity index is 596. The van der Waals surface area contributed by atoms with Crippen LogP contribution in [-0.2, 0) is 24.3 Å². The SMILES string of the molecule is CN=C(NCC(C)N(C)C1CC1)NC1CCc2nc(COC)nn2C1. The molecule has 3 rings (SSSR count). The highest BCUT2D eigenvalue weighted by Crippen LogP contribution is 2.26. The summed E-state index contributed by atoms with van der Waals surface area (Å²) >= 11 is 0. The second-order valence-corrected chi connectivity index (χ2v) is 7.14. The van der Waals surface area contributed by atoms with Gasteiger partial charge in [0.25, 0.3) is 0 Å². The Balaban J connectivity index is 1.48. The van der Waals surface area contributed by atoms with Crippen LogP contribution in [0.2, 0.25) is 0 Å². The zero-order valence-corrected chi connectivity index (χ0v) is 15.8. The van der Waals surface area contributed by atoms with Crippen LogP contribution in [0.4, 0.5) is 0 Å². The number of rotatable bonds is 7. The number of nitrogens with one attached hydrogen (secondary N) is 2. The number of nitrogens with zero attached hydrogens (tertiary/aromatic N) is 5. The first-order valence-electron chi connectivity index (χ1n) is 9.21. The summed E-state index contributed by atoms with van der Waals surface area (Å²) in [6.07, 6.45) is 4.62. The van der Waals surface area contributed by atoms with Gasteiger partial charge in [0.1, 0.15) is 12.4 Å². The Morgan fingerprint density at radius 1 is 1.44 bits per heavy atom. The van der Waals surface area contributed by atoms with E-state index in [-0.39, 0.29) is 0 Å². The first-order valence-corrected chi connectivity index (χ1v) is 9.21. The van der Waals surface area contributed by atoms with Crippen LogP contribution in [0.3, 0.4) is 0 Å². The second kappa shape index (κ2) is 8.14. The van der Waals surface area contributed by atoms with Crippen LogP contribution >= 0.6 is 0 Å². The molecular formula is C17H31N7O. The molecule has 0 bridgehead atoms. The molecule has 0 amide bonds. The van der Waals surface area contributed by atoms with Gasteiger partial charge in [-0.25, -0.2) is 9.67 Å². The molecule has 8 nitrogen and oxygen atoms in total. The third-order valence-corrected chi connectivity index (χ3v) is 5.12. The number of aromatic nitrogens is 3. The number of hydrogen-bond donors (Lipinski definition) is 2. The predicted octanol–water partition coefficient (Wildman–Crippen LogP) is 0.387. The van der Waals surface area contributed by atoms with E-state index in [9.17, 15) is 0 Å². The van der Waals surface area contributed by atoms with Gasteiger partial charge in [0, 0.05) is 45.2 Å². The molecule has 1 aliphatic heterocycles. The molecule has 140 valence electrons. The molecule has 25 heavy (non-hydrogen) atoms. The van der Waals surface area contributed by atoms with E-state index in [1.54, 1.807) is 7.11 Å². The number of guanidine groups is 1. The molecule has 1 aliphatic carbocycles. The van der Waals surface area contributed by atoms with Crippen molar-refractivity contribution < 1.29 is 4.74 Å². The maximum Gasteiger partial charge on any atom is 0.191 e. The molecule has 2 atom stereocenters. The van der Waals surface area contributed by atoms with Crippen molar-refractivity contribution in [2.24, 2.45) is 4.99 Å². The van der Waals surface area contributed by atoms with Crippen molar-refractivity contribution in [3.63, 3.8) is 0 Å². The quantitative estimate of drug-likeness (QED) is 0.547. The molecule has 2 heterocycles. The minimum Gasteiger partial charge on any atom is -0.377 e. The molecule has 8 heteroatoms. The zero-order chi connectivity index (χ0) is 17.8. The number of aliphatic imine (C=N–C) groups is 1. The van der Waals surface area contributed by atoms with E-state index in [0.29, 0.717) is 18.7 Å². The summed E-state index contributed by atoms with van der Waals surface area (Å²) in [6, 6.07) is 1.58. The first kappa shape index (κ1) is 18.1. The van der Waals surface area contributed by atoms with Gasteiger partial charge in [-0.3, -0.25) is 9.89 Å². The molecule has 0 spiro atoms. The maximum absolute atomic E-state index is 5.12. The highest BCUT2D eigenvalue weighted by molar-refractivity contribution is 5.80. The van der Waals surface area contributed by atoms with Crippen molar-refractivity contribution in [3.8, 4) is 0 Å². The number of methoxy groups -OCH3 is 1. The number of ether oxygens (including phenoxy) is 1. The molecule has 1 aromatic heterocycles. The van der Waals surface area contributed by atoms with Crippen LogP contribution in [-0.4, -0.2) is 71.5 Å². The Morgan fingerprint density at radius 3 is 2.92 bits per heavy atom.